The van der Waals surface area contributed by atoms with Crippen LogP contribution in [0.15, 0.2) is 70.3 Å². The molecule has 0 fully saturated rings. The number of hydrogen-bond donors (Lipinski definition) is 2. The Bertz CT molecular complexity index is 1900. The lowest BCUT2D eigenvalue weighted by Crippen LogP contribution is -2.31. The van der Waals surface area contributed by atoms with E-state index >= 15 is 0 Å². The van der Waals surface area contributed by atoms with Crippen molar-refractivity contribution in [3.63, 3.8) is 0 Å². The van der Waals surface area contributed by atoms with E-state index in [1.165, 1.54) is 39.3 Å². The number of carbonyl (C=O) groups is 2. The van der Waals surface area contributed by atoms with Crippen molar-refractivity contribution in [1.29, 1.82) is 0 Å². The number of Topliss-reactive ketones (excluding diaryl/α,β-unsaturated/α-hetero) is 1. The largest absolute Gasteiger partial charge is 0.507 e. The number of aromatic nitrogens is 3. The first kappa shape index (κ1) is 28.1. The van der Waals surface area contributed by atoms with Crippen LogP contribution < -0.4 is 4.90 Å². The molecule has 1 aliphatic heterocycles. The second kappa shape index (κ2) is 11.0. The number of aryl methyl sites for hydroxylation is 4. The number of benzene rings is 3. The summed E-state index contributed by atoms with van der Waals surface area (Å²) in [4.78, 5) is 33.6. The minimum absolute atomic E-state index is 0.0450. The summed E-state index contributed by atoms with van der Waals surface area (Å²) in [6.07, 6.45) is 0. The molecule has 0 saturated carbocycles. The third-order valence-electron chi connectivity index (χ3n) is 7.22. The van der Waals surface area contributed by atoms with Crippen LogP contribution in [0.25, 0.3) is 10.8 Å². The van der Waals surface area contributed by atoms with Crippen molar-refractivity contribution in [2.24, 2.45) is 0 Å². The number of aliphatic hydroxyl groups is 1. The van der Waals surface area contributed by atoms with Gasteiger partial charge in [-0.15, -0.1) is 21.5 Å². The average Bonchev–Trinajstić information content (AvgIpc) is 3.65. The molecular weight excluding hydrogens is 589 g/mol. The maximum absolute atomic E-state index is 13.9. The predicted octanol–water partition coefficient (Wildman–Crippen LogP) is 7.16. The van der Waals surface area contributed by atoms with E-state index in [1.54, 1.807) is 39.8 Å². The molecule has 2 aromatic heterocycles. The van der Waals surface area contributed by atoms with Crippen molar-refractivity contribution in [3.05, 3.63) is 104 Å². The van der Waals surface area contributed by atoms with E-state index in [-0.39, 0.29) is 16.5 Å². The van der Waals surface area contributed by atoms with Crippen molar-refractivity contribution in [2.45, 2.75) is 43.8 Å². The standard InChI is InChI=1S/C31H26N4O4S3/c1-15-12-21(13-16(2)25(15)36)24-23(26(37)28-17(3)32-18(4)41-28)27(38)29(39)35(24)30-33-34-31(42-30)40-14-20-10-7-9-19-8-5-6-11-22(19)20/h5-13,24,36,38H,14H2,1-4H3. The Morgan fingerprint density at radius 2 is 1.69 bits per heavy atom. The number of thioether (sulfide) groups is 1. The predicted molar refractivity (Wildman–Crippen MR) is 167 cm³/mol. The fourth-order valence-electron chi connectivity index (χ4n) is 5.28. The summed E-state index contributed by atoms with van der Waals surface area (Å²) in [6.45, 7) is 7.04. The molecule has 2 N–H and O–H groups in total. The van der Waals surface area contributed by atoms with Gasteiger partial charge in [-0.25, -0.2) is 4.98 Å². The molecule has 0 bridgehead atoms. The third-order valence-corrected chi connectivity index (χ3v) is 10.4. The number of hydrogen-bond acceptors (Lipinski definition) is 10. The van der Waals surface area contributed by atoms with Gasteiger partial charge in [-0.1, -0.05) is 65.6 Å². The zero-order chi connectivity index (χ0) is 29.7. The number of carbonyl (C=O) groups excluding carboxylic acids is 2. The van der Waals surface area contributed by atoms with Gasteiger partial charge in [-0.05, 0) is 72.9 Å². The van der Waals surface area contributed by atoms with E-state index in [4.69, 9.17) is 0 Å². The molecule has 212 valence electrons. The molecule has 42 heavy (non-hydrogen) atoms. The molecule has 6 rings (SSSR count). The van der Waals surface area contributed by atoms with Crippen LogP contribution in [0, 0.1) is 27.7 Å². The highest BCUT2D eigenvalue weighted by atomic mass is 32.2. The number of fused-ring (bicyclic) bond motifs is 1. The Morgan fingerprint density at radius 3 is 2.40 bits per heavy atom. The second-order valence-electron chi connectivity index (χ2n) is 10.1. The van der Waals surface area contributed by atoms with Crippen molar-refractivity contribution in [1.82, 2.24) is 15.2 Å². The first-order chi connectivity index (χ1) is 20.1. The molecule has 11 heteroatoms. The number of phenols is 1. The van der Waals surface area contributed by atoms with Crippen LogP contribution in [0.4, 0.5) is 5.13 Å². The van der Waals surface area contributed by atoms with Crippen LogP contribution in [0.5, 0.6) is 5.75 Å². The van der Waals surface area contributed by atoms with Crippen molar-refractivity contribution < 1.29 is 19.8 Å². The van der Waals surface area contributed by atoms with E-state index < -0.39 is 23.5 Å². The van der Waals surface area contributed by atoms with Crippen molar-refractivity contribution in [3.8, 4) is 5.75 Å². The zero-order valence-electron chi connectivity index (χ0n) is 23.2. The molecule has 1 aliphatic rings. The molecular formula is C31H26N4O4S3. The van der Waals surface area contributed by atoms with Gasteiger partial charge in [0.25, 0.3) is 5.91 Å². The van der Waals surface area contributed by atoms with Gasteiger partial charge < -0.3 is 10.2 Å². The van der Waals surface area contributed by atoms with Crippen LogP contribution in [-0.2, 0) is 10.5 Å². The van der Waals surface area contributed by atoms with Crippen molar-refractivity contribution in [2.75, 3.05) is 4.90 Å². The summed E-state index contributed by atoms with van der Waals surface area (Å²) in [6, 6.07) is 16.9. The molecule has 0 aliphatic carbocycles. The average molecular weight is 615 g/mol. The van der Waals surface area contributed by atoms with E-state index in [9.17, 15) is 19.8 Å². The van der Waals surface area contributed by atoms with Gasteiger partial charge in [0.15, 0.2) is 10.1 Å². The normalized spacial score (nSPS) is 15.3. The quantitative estimate of drug-likeness (QED) is 0.113. The molecule has 0 spiro atoms. The van der Waals surface area contributed by atoms with Crippen molar-refractivity contribution >= 4 is 62.0 Å². The van der Waals surface area contributed by atoms with Gasteiger partial charge in [0.2, 0.25) is 10.9 Å². The molecule has 0 radical (unpaired) electrons. The lowest BCUT2D eigenvalue weighted by Gasteiger charge is -2.25. The fraction of sp³-hybridized carbons (Fsp3) is 0.194. The number of aromatic hydroxyl groups is 1. The number of thiazole rings is 1. The highest BCUT2D eigenvalue weighted by Gasteiger charge is 2.47. The number of nitrogens with zero attached hydrogens (tertiary/aromatic N) is 4. The summed E-state index contributed by atoms with van der Waals surface area (Å²) < 4.78 is 0.649. The molecule has 0 saturated heterocycles. The number of anilines is 1. The Morgan fingerprint density at radius 1 is 0.976 bits per heavy atom. The maximum atomic E-state index is 13.9. The molecule has 1 amide bonds. The monoisotopic (exact) mass is 614 g/mol. The van der Waals surface area contributed by atoms with E-state index in [0.717, 1.165) is 16.3 Å². The summed E-state index contributed by atoms with van der Waals surface area (Å²) in [5, 5.41) is 33.6. The highest BCUT2D eigenvalue weighted by molar-refractivity contribution is 8.00. The lowest BCUT2D eigenvalue weighted by atomic mass is 9.92. The van der Waals surface area contributed by atoms with Crippen LogP contribution in [0.3, 0.4) is 0 Å². The number of phenolic OH excluding ortho intramolecular Hbond substituents is 1. The van der Waals surface area contributed by atoms with Crippen LogP contribution in [0.2, 0.25) is 0 Å². The van der Waals surface area contributed by atoms with Gasteiger partial charge >= 0.3 is 0 Å². The van der Waals surface area contributed by atoms with Gasteiger partial charge in [0, 0.05) is 5.75 Å². The molecule has 3 aromatic carbocycles. The molecule has 1 unspecified atom stereocenters. The topological polar surface area (TPSA) is 117 Å². The first-order valence-corrected chi connectivity index (χ1v) is 15.7. The smallest absolute Gasteiger partial charge is 0.296 e. The number of ketones is 1. The van der Waals surface area contributed by atoms with E-state index in [1.807, 2.05) is 18.2 Å². The van der Waals surface area contributed by atoms with Crippen LogP contribution >= 0.6 is 34.4 Å². The summed E-state index contributed by atoms with van der Waals surface area (Å²) in [5.41, 5.74) is 3.39. The Labute approximate surface area is 254 Å². The number of amides is 1. The molecule has 8 nitrogen and oxygen atoms in total. The minimum atomic E-state index is -0.964. The second-order valence-corrected chi connectivity index (χ2v) is 13.5. The third kappa shape index (κ3) is 4.87. The highest BCUT2D eigenvalue weighted by Crippen LogP contribution is 2.45. The lowest BCUT2D eigenvalue weighted by molar-refractivity contribution is -0.117. The molecule has 1 atom stereocenters. The Balaban J connectivity index is 1.38. The van der Waals surface area contributed by atoms with Gasteiger partial charge in [-0.2, -0.15) is 0 Å². The summed E-state index contributed by atoms with van der Waals surface area (Å²) >= 11 is 3.95. The molecule has 3 heterocycles. The summed E-state index contributed by atoms with van der Waals surface area (Å²) in [7, 11) is 0. The SMILES string of the molecule is Cc1nc(C)c(C(=O)C2=C(O)C(=O)N(c3nnc(SCc4cccc5ccccc45)s3)C2c2cc(C)c(O)c(C)c2)s1. The van der Waals surface area contributed by atoms with Gasteiger partial charge in [-0.3, -0.25) is 14.5 Å². The Kier molecular flexibility index (Phi) is 7.34. The number of aliphatic hydroxyl groups excluding tert-OH is 1. The maximum Gasteiger partial charge on any atom is 0.296 e. The van der Waals surface area contributed by atoms with E-state index in [0.29, 0.717) is 42.4 Å². The minimum Gasteiger partial charge on any atom is -0.507 e. The first-order valence-electron chi connectivity index (χ1n) is 13.1. The summed E-state index contributed by atoms with van der Waals surface area (Å²) in [5.74, 6) is -1.03. The Hall–Kier alpha value is -4.06. The van der Waals surface area contributed by atoms with Gasteiger partial charge in [0.1, 0.15) is 5.75 Å². The van der Waals surface area contributed by atoms with Crippen LogP contribution in [-0.4, -0.2) is 37.1 Å². The number of rotatable bonds is 7. The molecule has 5 aromatic rings. The zero-order valence-corrected chi connectivity index (χ0v) is 25.7. The van der Waals surface area contributed by atoms with E-state index in [2.05, 4.69) is 39.4 Å². The van der Waals surface area contributed by atoms with Crippen LogP contribution in [0.1, 0.15) is 48.7 Å². The van der Waals surface area contributed by atoms with Gasteiger partial charge in [0.05, 0.1) is 27.2 Å². The fourth-order valence-corrected chi connectivity index (χ4v) is 8.02.